The number of hydrogen-bond acceptors (Lipinski definition) is 2. The van der Waals surface area contributed by atoms with Crippen molar-refractivity contribution in [3.63, 3.8) is 0 Å². The van der Waals surface area contributed by atoms with Gasteiger partial charge in [-0.2, -0.15) is 0 Å². The van der Waals surface area contributed by atoms with Crippen LogP contribution in [0.3, 0.4) is 0 Å². The van der Waals surface area contributed by atoms with Crippen LogP contribution in [0.2, 0.25) is 0 Å². The van der Waals surface area contributed by atoms with Crippen LogP contribution in [0.15, 0.2) is 42.6 Å². The summed E-state index contributed by atoms with van der Waals surface area (Å²) >= 11 is 5.59. The summed E-state index contributed by atoms with van der Waals surface area (Å²) < 4.78 is 0. The van der Waals surface area contributed by atoms with Gasteiger partial charge in [-0.25, -0.2) is 4.98 Å². The van der Waals surface area contributed by atoms with Crippen molar-refractivity contribution in [2.24, 2.45) is 0 Å². The quantitative estimate of drug-likeness (QED) is 0.860. The maximum atomic E-state index is 5.59. The molecule has 1 fully saturated rings. The Morgan fingerprint density at radius 3 is 2.52 bits per heavy atom. The number of benzene rings is 1. The van der Waals surface area contributed by atoms with Gasteiger partial charge in [0, 0.05) is 11.8 Å². The molecule has 1 aromatic carbocycles. The first-order valence-electron chi connectivity index (χ1n) is 7.98. The lowest BCUT2D eigenvalue weighted by atomic mass is 10.1. The van der Waals surface area contributed by atoms with Crippen LogP contribution in [0.4, 0.5) is 11.5 Å². The number of nitrogens with one attached hydrogen (secondary N) is 2. The van der Waals surface area contributed by atoms with Crippen LogP contribution >= 0.6 is 12.2 Å². The Labute approximate surface area is 143 Å². The van der Waals surface area contributed by atoms with Gasteiger partial charge >= 0.3 is 0 Å². The van der Waals surface area contributed by atoms with E-state index < -0.39 is 0 Å². The number of nitrogens with zero attached hydrogens (tertiary/aromatic N) is 2. The summed E-state index contributed by atoms with van der Waals surface area (Å²) in [5.41, 5.74) is 3.59. The third kappa shape index (κ3) is 3.79. The molecule has 0 spiro atoms. The summed E-state index contributed by atoms with van der Waals surface area (Å²) in [4.78, 5) is 7.90. The summed E-state index contributed by atoms with van der Waals surface area (Å²) in [6.45, 7) is 8.01. The average molecular weight is 327 g/mol. The zero-order chi connectivity index (χ0) is 16.2. The number of hydrogen-bond donors (Lipinski definition) is 1. The Balaban J connectivity index is 1.58. The van der Waals surface area contributed by atoms with Gasteiger partial charge in [-0.15, -0.1) is 0 Å². The fourth-order valence-electron chi connectivity index (χ4n) is 2.88. The monoisotopic (exact) mass is 327 g/mol. The number of aromatic nitrogens is 1. The molecule has 0 radical (unpaired) electrons. The standard InChI is InChI=1S/C18H22N4S/c1-14-6-7-16(15(2)13-14)20-18(23)22-11-9-21(10-12-22)17-5-3-4-8-19-17/h3-8,13H,9-12H2,1-2H3,(H,20,23)/p+1. The van der Waals surface area contributed by atoms with Crippen LogP contribution in [0.25, 0.3) is 0 Å². The van der Waals surface area contributed by atoms with Gasteiger partial charge in [0.2, 0.25) is 0 Å². The maximum Gasteiger partial charge on any atom is 0.274 e. The first-order chi connectivity index (χ1) is 11.1. The predicted octanol–water partition coefficient (Wildman–Crippen LogP) is 2.64. The van der Waals surface area contributed by atoms with Crippen molar-refractivity contribution >= 4 is 28.8 Å². The van der Waals surface area contributed by atoms with E-state index in [-0.39, 0.29) is 0 Å². The molecule has 4 nitrogen and oxygen atoms in total. The number of anilines is 2. The largest absolute Gasteiger partial charge is 0.341 e. The number of H-pyrrole nitrogens is 1. The summed E-state index contributed by atoms with van der Waals surface area (Å²) in [6.07, 6.45) is 1.97. The van der Waals surface area contributed by atoms with Crippen molar-refractivity contribution in [2.45, 2.75) is 13.8 Å². The molecule has 0 saturated carbocycles. The fraction of sp³-hybridized carbons (Fsp3) is 0.333. The Kier molecular flexibility index (Phi) is 4.76. The molecule has 1 aliphatic rings. The van der Waals surface area contributed by atoms with E-state index in [1.165, 1.54) is 16.9 Å². The van der Waals surface area contributed by atoms with Crippen LogP contribution in [-0.2, 0) is 0 Å². The molecule has 2 N–H and O–H groups in total. The first-order valence-corrected chi connectivity index (χ1v) is 8.39. The molecule has 0 bridgehead atoms. The number of aromatic amines is 1. The summed E-state index contributed by atoms with van der Waals surface area (Å²) in [5, 5.41) is 4.21. The first kappa shape index (κ1) is 15.7. The molecule has 1 aromatic heterocycles. The molecule has 0 aliphatic carbocycles. The summed E-state index contributed by atoms with van der Waals surface area (Å²) in [5.74, 6) is 1.17. The molecule has 0 amide bonds. The van der Waals surface area contributed by atoms with Crippen LogP contribution in [-0.4, -0.2) is 36.2 Å². The lowest BCUT2D eigenvalue weighted by molar-refractivity contribution is -0.364. The molecule has 0 atom stereocenters. The Morgan fingerprint density at radius 1 is 1.09 bits per heavy atom. The molecular formula is C18H23N4S+. The third-order valence-corrected chi connectivity index (χ3v) is 4.58. The SMILES string of the molecule is Cc1ccc(NC(=S)N2CCN(c3cccc[nH+]3)CC2)c(C)c1. The highest BCUT2D eigenvalue weighted by atomic mass is 32.1. The Hall–Kier alpha value is -2.14. The Morgan fingerprint density at radius 2 is 1.87 bits per heavy atom. The van der Waals surface area contributed by atoms with E-state index in [4.69, 9.17) is 12.2 Å². The molecule has 3 rings (SSSR count). The predicted molar refractivity (Wildman–Crippen MR) is 98.9 cm³/mol. The summed E-state index contributed by atoms with van der Waals surface area (Å²) in [7, 11) is 0. The minimum Gasteiger partial charge on any atom is -0.341 e. The van der Waals surface area contributed by atoms with Crippen molar-refractivity contribution in [1.82, 2.24) is 4.90 Å². The van der Waals surface area contributed by atoms with Crippen LogP contribution in [0.1, 0.15) is 11.1 Å². The van der Waals surface area contributed by atoms with E-state index in [1.54, 1.807) is 0 Å². The van der Waals surface area contributed by atoms with Gasteiger partial charge in [-0.3, -0.25) is 4.90 Å². The highest BCUT2D eigenvalue weighted by molar-refractivity contribution is 7.80. The molecular weight excluding hydrogens is 304 g/mol. The van der Waals surface area contributed by atoms with Gasteiger partial charge in [0.1, 0.15) is 13.1 Å². The van der Waals surface area contributed by atoms with Crippen LogP contribution in [0, 0.1) is 13.8 Å². The molecule has 2 aromatic rings. The number of rotatable bonds is 2. The van der Waals surface area contributed by atoms with E-state index >= 15 is 0 Å². The van der Waals surface area contributed by atoms with Gasteiger partial charge in [0.05, 0.1) is 19.3 Å². The van der Waals surface area contributed by atoms with E-state index in [9.17, 15) is 0 Å². The smallest absolute Gasteiger partial charge is 0.274 e. The highest BCUT2D eigenvalue weighted by Crippen LogP contribution is 2.17. The average Bonchev–Trinajstić information content (AvgIpc) is 2.58. The number of piperazine rings is 1. The van der Waals surface area contributed by atoms with Crippen molar-refractivity contribution < 1.29 is 4.98 Å². The van der Waals surface area contributed by atoms with E-state index in [1.807, 2.05) is 12.3 Å². The Bertz CT molecular complexity index is 679. The second-order valence-corrected chi connectivity index (χ2v) is 6.36. The molecule has 0 unspecified atom stereocenters. The van der Waals surface area contributed by atoms with Gasteiger partial charge in [0.25, 0.3) is 5.82 Å². The van der Waals surface area contributed by atoms with Crippen molar-refractivity contribution in [2.75, 3.05) is 36.4 Å². The number of pyridine rings is 1. The lowest BCUT2D eigenvalue weighted by Crippen LogP contribution is -2.51. The molecule has 5 heteroatoms. The zero-order valence-electron chi connectivity index (χ0n) is 13.7. The second-order valence-electron chi connectivity index (χ2n) is 5.97. The summed E-state index contributed by atoms with van der Waals surface area (Å²) in [6, 6.07) is 12.6. The normalized spacial score (nSPS) is 14.7. The van der Waals surface area contributed by atoms with Crippen molar-refractivity contribution in [3.05, 3.63) is 53.7 Å². The zero-order valence-corrected chi connectivity index (χ0v) is 14.5. The van der Waals surface area contributed by atoms with Crippen molar-refractivity contribution in [1.29, 1.82) is 0 Å². The van der Waals surface area contributed by atoms with Crippen LogP contribution in [0.5, 0.6) is 0 Å². The van der Waals surface area contributed by atoms with Gasteiger partial charge in [-0.05, 0) is 43.8 Å². The van der Waals surface area contributed by atoms with E-state index in [2.05, 4.69) is 64.3 Å². The molecule has 120 valence electrons. The van der Waals surface area contributed by atoms with E-state index in [0.29, 0.717) is 0 Å². The van der Waals surface area contributed by atoms with E-state index in [0.717, 1.165) is 37.0 Å². The van der Waals surface area contributed by atoms with Crippen molar-refractivity contribution in [3.8, 4) is 0 Å². The minimum absolute atomic E-state index is 0.814. The van der Waals surface area contributed by atoms with Gasteiger partial charge in [-0.1, -0.05) is 23.8 Å². The fourth-order valence-corrected chi connectivity index (χ4v) is 3.17. The number of aryl methyl sites for hydroxylation is 2. The second kappa shape index (κ2) is 6.96. The third-order valence-electron chi connectivity index (χ3n) is 4.22. The molecule has 1 aliphatic heterocycles. The lowest BCUT2D eigenvalue weighted by Gasteiger charge is -2.33. The number of thiocarbonyl (C=S) groups is 1. The minimum atomic E-state index is 0.814. The topological polar surface area (TPSA) is 32.6 Å². The molecule has 1 saturated heterocycles. The van der Waals surface area contributed by atoms with Gasteiger partial charge < -0.3 is 10.2 Å². The highest BCUT2D eigenvalue weighted by Gasteiger charge is 2.24. The maximum absolute atomic E-state index is 5.59. The van der Waals surface area contributed by atoms with Crippen LogP contribution < -0.4 is 15.2 Å². The molecule has 23 heavy (non-hydrogen) atoms. The molecule has 2 heterocycles. The van der Waals surface area contributed by atoms with Gasteiger partial charge in [0.15, 0.2) is 5.11 Å².